The summed E-state index contributed by atoms with van der Waals surface area (Å²) < 4.78 is 10.7. The Morgan fingerprint density at radius 3 is 2.70 bits per heavy atom. The van der Waals surface area contributed by atoms with E-state index in [9.17, 15) is 4.79 Å². The summed E-state index contributed by atoms with van der Waals surface area (Å²) in [7, 11) is 0. The quantitative estimate of drug-likeness (QED) is 0.854. The van der Waals surface area contributed by atoms with Crippen molar-refractivity contribution in [2.75, 3.05) is 6.61 Å². The number of rotatable bonds is 6. The second kappa shape index (κ2) is 8.56. The molecule has 0 saturated carbocycles. The van der Waals surface area contributed by atoms with E-state index in [2.05, 4.69) is 16.4 Å². The van der Waals surface area contributed by atoms with Crippen molar-refractivity contribution in [1.82, 2.24) is 10.3 Å². The van der Waals surface area contributed by atoms with Crippen LogP contribution in [0, 0.1) is 0 Å². The van der Waals surface area contributed by atoms with Crippen LogP contribution in [0.4, 0.5) is 4.79 Å². The van der Waals surface area contributed by atoms with Crippen molar-refractivity contribution < 1.29 is 14.3 Å². The summed E-state index contributed by atoms with van der Waals surface area (Å²) >= 11 is 0. The Hall–Kier alpha value is -2.04. The first-order valence-electron chi connectivity index (χ1n) is 7.95. The second-order valence-electron chi connectivity index (χ2n) is 6.51. The van der Waals surface area contributed by atoms with Crippen molar-refractivity contribution in [3.8, 4) is 5.75 Å². The van der Waals surface area contributed by atoms with Crippen LogP contribution in [0.25, 0.3) is 5.57 Å². The molecule has 1 rings (SSSR count). The van der Waals surface area contributed by atoms with Crippen molar-refractivity contribution in [1.29, 1.82) is 0 Å². The summed E-state index contributed by atoms with van der Waals surface area (Å²) in [5.41, 5.74) is 1.62. The van der Waals surface area contributed by atoms with E-state index in [1.54, 1.807) is 12.4 Å². The number of pyridine rings is 1. The van der Waals surface area contributed by atoms with Crippen molar-refractivity contribution in [2.24, 2.45) is 0 Å². The summed E-state index contributed by atoms with van der Waals surface area (Å²) in [5, 5.41) is 2.83. The molecule has 0 radical (unpaired) electrons. The number of hydrogen-bond acceptors (Lipinski definition) is 4. The lowest BCUT2D eigenvalue weighted by molar-refractivity contribution is 0.0509. The van der Waals surface area contributed by atoms with Crippen LogP contribution >= 0.6 is 0 Å². The minimum Gasteiger partial charge on any atom is -0.492 e. The molecule has 23 heavy (non-hydrogen) atoms. The van der Waals surface area contributed by atoms with Gasteiger partial charge in [-0.2, -0.15) is 0 Å². The molecule has 128 valence electrons. The predicted octanol–water partition coefficient (Wildman–Crippen LogP) is 4.19. The monoisotopic (exact) mass is 320 g/mol. The Labute approximate surface area is 139 Å². The second-order valence-corrected chi connectivity index (χ2v) is 6.51. The molecular weight excluding hydrogens is 292 g/mol. The number of nitrogens with zero attached hydrogens (tertiary/aromatic N) is 1. The standard InChI is InChI=1S/C18H28N2O3/c1-7-22-16-10-15(11-19-12-16)13(2)8-9-14(3)20-17(21)23-18(4,5)6/h8,10-12,14H,7,9H2,1-6H3,(H,20,21). The maximum Gasteiger partial charge on any atom is 0.407 e. The van der Waals surface area contributed by atoms with Gasteiger partial charge in [0.25, 0.3) is 0 Å². The summed E-state index contributed by atoms with van der Waals surface area (Å²) in [5.74, 6) is 0.762. The van der Waals surface area contributed by atoms with E-state index in [0.29, 0.717) is 13.0 Å². The van der Waals surface area contributed by atoms with Gasteiger partial charge >= 0.3 is 6.09 Å². The SMILES string of the molecule is CCOc1cncc(C(C)=CCC(C)NC(=O)OC(C)(C)C)c1. The van der Waals surface area contributed by atoms with E-state index in [1.807, 2.05) is 47.6 Å². The van der Waals surface area contributed by atoms with Crippen LogP contribution in [0.2, 0.25) is 0 Å². The van der Waals surface area contributed by atoms with E-state index in [0.717, 1.165) is 16.9 Å². The molecule has 0 fully saturated rings. The summed E-state index contributed by atoms with van der Waals surface area (Å²) in [6.07, 6.45) is 5.91. The predicted molar refractivity (Wildman–Crippen MR) is 92.5 cm³/mol. The third-order valence-electron chi connectivity index (χ3n) is 3.02. The van der Waals surface area contributed by atoms with Crippen LogP contribution < -0.4 is 10.1 Å². The molecule has 0 aliphatic heterocycles. The fourth-order valence-electron chi connectivity index (χ4n) is 1.92. The Balaban J connectivity index is 2.58. The molecule has 1 amide bonds. The van der Waals surface area contributed by atoms with Crippen LogP contribution in [-0.2, 0) is 4.74 Å². The van der Waals surface area contributed by atoms with E-state index >= 15 is 0 Å². The molecule has 0 aromatic carbocycles. The lowest BCUT2D eigenvalue weighted by atomic mass is 10.1. The van der Waals surface area contributed by atoms with Crippen molar-refractivity contribution >= 4 is 11.7 Å². The molecule has 1 atom stereocenters. The number of hydrogen-bond donors (Lipinski definition) is 1. The van der Waals surface area contributed by atoms with Crippen molar-refractivity contribution in [3.63, 3.8) is 0 Å². The highest BCUT2D eigenvalue weighted by Gasteiger charge is 2.17. The molecule has 5 heteroatoms. The maximum absolute atomic E-state index is 11.7. The van der Waals surface area contributed by atoms with E-state index in [4.69, 9.17) is 9.47 Å². The minimum absolute atomic E-state index is 0.0113. The van der Waals surface area contributed by atoms with Gasteiger partial charge in [-0.05, 0) is 65.2 Å². The van der Waals surface area contributed by atoms with Gasteiger partial charge in [0, 0.05) is 12.2 Å². The largest absolute Gasteiger partial charge is 0.492 e. The highest BCUT2D eigenvalue weighted by molar-refractivity contribution is 5.68. The maximum atomic E-state index is 11.7. The third-order valence-corrected chi connectivity index (χ3v) is 3.02. The van der Waals surface area contributed by atoms with Crippen LogP contribution in [0.3, 0.4) is 0 Å². The van der Waals surface area contributed by atoms with E-state index in [1.165, 1.54) is 0 Å². The summed E-state index contributed by atoms with van der Waals surface area (Å²) in [6.45, 7) is 12.1. The summed E-state index contributed by atoms with van der Waals surface area (Å²) in [6, 6.07) is 1.96. The first-order valence-corrected chi connectivity index (χ1v) is 7.95. The average Bonchev–Trinajstić information content (AvgIpc) is 2.43. The molecule has 0 aliphatic carbocycles. The molecule has 1 N–H and O–H groups in total. The molecule has 0 aliphatic rings. The third kappa shape index (κ3) is 7.68. The number of allylic oxidation sites excluding steroid dienone is 1. The molecule has 5 nitrogen and oxygen atoms in total. The van der Waals surface area contributed by atoms with Gasteiger partial charge in [-0.15, -0.1) is 0 Å². The van der Waals surface area contributed by atoms with Gasteiger partial charge in [0.05, 0.1) is 12.8 Å². The average molecular weight is 320 g/mol. The lowest BCUT2D eigenvalue weighted by Crippen LogP contribution is -2.37. The molecule has 0 saturated heterocycles. The van der Waals surface area contributed by atoms with Crippen LogP contribution in [0.15, 0.2) is 24.5 Å². The smallest absolute Gasteiger partial charge is 0.407 e. The van der Waals surface area contributed by atoms with Gasteiger partial charge in [0.15, 0.2) is 0 Å². The molecule has 0 bridgehead atoms. The number of alkyl carbamates (subject to hydrolysis) is 1. The van der Waals surface area contributed by atoms with Crippen molar-refractivity contribution in [2.45, 2.75) is 59.6 Å². The van der Waals surface area contributed by atoms with Gasteiger partial charge in [0.1, 0.15) is 11.4 Å². The van der Waals surface area contributed by atoms with E-state index < -0.39 is 11.7 Å². The van der Waals surface area contributed by atoms with Gasteiger partial charge in [-0.25, -0.2) is 4.79 Å². The molecular formula is C18H28N2O3. The van der Waals surface area contributed by atoms with Crippen molar-refractivity contribution in [3.05, 3.63) is 30.1 Å². The Morgan fingerprint density at radius 1 is 1.39 bits per heavy atom. The number of carbonyl (C=O) groups is 1. The zero-order valence-corrected chi connectivity index (χ0v) is 15.0. The Morgan fingerprint density at radius 2 is 2.09 bits per heavy atom. The van der Waals surface area contributed by atoms with Crippen LogP contribution in [-0.4, -0.2) is 29.3 Å². The molecule has 1 aromatic rings. The minimum atomic E-state index is -0.485. The van der Waals surface area contributed by atoms with Gasteiger partial charge < -0.3 is 14.8 Å². The zero-order valence-electron chi connectivity index (χ0n) is 15.0. The topological polar surface area (TPSA) is 60.5 Å². The van der Waals surface area contributed by atoms with Gasteiger partial charge in [-0.1, -0.05) is 6.08 Å². The Bertz CT molecular complexity index is 547. The molecule has 0 spiro atoms. The Kier molecular flexibility index (Phi) is 7.07. The highest BCUT2D eigenvalue weighted by atomic mass is 16.6. The number of carbonyl (C=O) groups excluding carboxylic acids is 1. The first kappa shape index (κ1) is 19.0. The lowest BCUT2D eigenvalue weighted by Gasteiger charge is -2.21. The highest BCUT2D eigenvalue weighted by Crippen LogP contribution is 2.19. The van der Waals surface area contributed by atoms with E-state index in [-0.39, 0.29) is 6.04 Å². The van der Waals surface area contributed by atoms with Crippen LogP contribution in [0.5, 0.6) is 5.75 Å². The van der Waals surface area contributed by atoms with Gasteiger partial charge in [-0.3, -0.25) is 4.98 Å². The molecule has 1 heterocycles. The summed E-state index contributed by atoms with van der Waals surface area (Å²) in [4.78, 5) is 15.9. The zero-order chi connectivity index (χ0) is 17.5. The number of amides is 1. The number of nitrogens with one attached hydrogen (secondary N) is 1. The fraction of sp³-hybridized carbons (Fsp3) is 0.556. The molecule has 1 aromatic heterocycles. The normalized spacial score (nSPS) is 13.4. The molecule has 1 unspecified atom stereocenters. The number of aromatic nitrogens is 1. The first-order chi connectivity index (χ1) is 10.7. The fourth-order valence-corrected chi connectivity index (χ4v) is 1.92. The van der Waals surface area contributed by atoms with Crippen LogP contribution in [0.1, 0.15) is 53.5 Å². The van der Waals surface area contributed by atoms with Gasteiger partial charge in [0.2, 0.25) is 0 Å². The number of ether oxygens (including phenoxy) is 2.